The topological polar surface area (TPSA) is 24.7 Å². The maximum atomic E-state index is 5.42. The maximum Gasteiger partial charge on any atom is 0.155 e. The summed E-state index contributed by atoms with van der Waals surface area (Å²) in [5.74, 6) is 0.947. The predicted molar refractivity (Wildman–Crippen MR) is 218 cm³/mol. The zero-order valence-electron chi connectivity index (χ0n) is 28.4. The lowest BCUT2D eigenvalue weighted by Gasteiger charge is -2.30. The van der Waals surface area contributed by atoms with E-state index in [-0.39, 0.29) is 12.0 Å². The van der Waals surface area contributed by atoms with Crippen molar-refractivity contribution in [2.24, 2.45) is 15.9 Å². The molecular weight excluding hydrogens is 637 g/mol. The smallest absolute Gasteiger partial charge is 0.155 e. The van der Waals surface area contributed by atoms with Crippen molar-refractivity contribution in [3.05, 3.63) is 193 Å². The summed E-state index contributed by atoms with van der Waals surface area (Å²) in [5.41, 5.74) is 11.8. The predicted octanol–water partition coefficient (Wildman–Crippen LogP) is 13.1. The Morgan fingerprint density at radius 3 is 1.71 bits per heavy atom. The zero-order valence-corrected chi connectivity index (χ0v) is 29.2. The lowest BCUT2D eigenvalue weighted by atomic mass is 9.82. The first-order chi connectivity index (χ1) is 25.2. The first-order valence-corrected chi connectivity index (χ1v) is 18.5. The Kier molecular flexibility index (Phi) is 8.19. The highest BCUT2D eigenvalue weighted by molar-refractivity contribution is 7.25. The van der Waals surface area contributed by atoms with Crippen molar-refractivity contribution in [3.63, 3.8) is 0 Å². The van der Waals surface area contributed by atoms with Crippen LogP contribution in [0.1, 0.15) is 36.1 Å². The molecule has 3 heteroatoms. The highest BCUT2D eigenvalue weighted by Gasteiger charge is 2.32. The van der Waals surface area contributed by atoms with E-state index in [2.05, 4.69) is 183 Å². The summed E-state index contributed by atoms with van der Waals surface area (Å²) in [5, 5.41) is 2.59. The molecular formula is C48H36N2S. The Balaban J connectivity index is 1.10. The second kappa shape index (κ2) is 13.4. The van der Waals surface area contributed by atoms with E-state index in [4.69, 9.17) is 9.98 Å². The largest absolute Gasteiger partial charge is 0.257 e. The lowest BCUT2D eigenvalue weighted by Crippen LogP contribution is -2.28. The number of fused-ring (bicyclic) bond motifs is 3. The SMILES string of the molecule is CC[C@@H]1C(c2cccc(-c3cccc(-c4ccc(-c5ccccc5)cc4)c3)c2)=NC(c2ccc3c(c2)sc2ccccc23)=NC1c1ccccc1. The molecule has 0 saturated heterocycles. The molecule has 0 spiro atoms. The average molecular weight is 673 g/mol. The molecule has 1 aliphatic rings. The summed E-state index contributed by atoms with van der Waals surface area (Å²) in [6.45, 7) is 2.26. The van der Waals surface area contributed by atoms with Gasteiger partial charge in [-0.25, -0.2) is 4.99 Å². The van der Waals surface area contributed by atoms with Gasteiger partial charge in [0.15, 0.2) is 5.84 Å². The third kappa shape index (κ3) is 6.00. The van der Waals surface area contributed by atoms with Crippen LogP contribution in [0.25, 0.3) is 53.6 Å². The first-order valence-electron chi connectivity index (χ1n) is 17.7. The molecule has 244 valence electrons. The van der Waals surface area contributed by atoms with E-state index in [1.54, 1.807) is 0 Å². The summed E-state index contributed by atoms with van der Waals surface area (Å²) in [6, 6.07) is 63.3. The number of benzene rings is 7. The fraction of sp³-hybridized carbons (Fsp3) is 0.0833. The zero-order chi connectivity index (χ0) is 34.1. The van der Waals surface area contributed by atoms with Gasteiger partial charge in [0.2, 0.25) is 0 Å². The van der Waals surface area contributed by atoms with Gasteiger partial charge in [0.1, 0.15) is 0 Å². The fourth-order valence-electron chi connectivity index (χ4n) is 7.48. The number of hydrogen-bond donors (Lipinski definition) is 0. The van der Waals surface area contributed by atoms with E-state index < -0.39 is 0 Å². The minimum Gasteiger partial charge on any atom is -0.257 e. The van der Waals surface area contributed by atoms with Gasteiger partial charge >= 0.3 is 0 Å². The normalized spacial score (nSPS) is 15.9. The maximum absolute atomic E-state index is 5.42. The Morgan fingerprint density at radius 1 is 0.451 bits per heavy atom. The summed E-state index contributed by atoms with van der Waals surface area (Å²) in [6.07, 6.45) is 0.934. The van der Waals surface area contributed by atoms with Crippen LogP contribution in [0.3, 0.4) is 0 Å². The number of amidine groups is 1. The molecule has 7 aromatic carbocycles. The van der Waals surface area contributed by atoms with Crippen LogP contribution in [-0.2, 0) is 0 Å². The van der Waals surface area contributed by atoms with Gasteiger partial charge in [-0.3, -0.25) is 4.99 Å². The number of aliphatic imine (C=N–C) groups is 2. The van der Waals surface area contributed by atoms with Gasteiger partial charge in [-0.2, -0.15) is 0 Å². The van der Waals surface area contributed by atoms with Gasteiger partial charge in [-0.1, -0.05) is 159 Å². The quantitative estimate of drug-likeness (QED) is 0.161. The van der Waals surface area contributed by atoms with Crippen LogP contribution in [0.5, 0.6) is 0 Å². The van der Waals surface area contributed by atoms with Crippen molar-refractivity contribution in [2.75, 3.05) is 0 Å². The van der Waals surface area contributed by atoms with Crippen molar-refractivity contribution in [3.8, 4) is 33.4 Å². The molecule has 8 aromatic rings. The van der Waals surface area contributed by atoms with Gasteiger partial charge in [0.05, 0.1) is 11.8 Å². The third-order valence-corrected chi connectivity index (χ3v) is 11.3. The van der Waals surface area contributed by atoms with Crippen LogP contribution in [0.2, 0.25) is 0 Å². The third-order valence-electron chi connectivity index (χ3n) is 10.1. The van der Waals surface area contributed by atoms with Crippen molar-refractivity contribution in [1.82, 2.24) is 0 Å². The van der Waals surface area contributed by atoms with E-state index in [1.165, 1.54) is 59.1 Å². The van der Waals surface area contributed by atoms with Crippen LogP contribution in [-0.4, -0.2) is 11.5 Å². The van der Waals surface area contributed by atoms with Gasteiger partial charge in [-0.05, 0) is 75.2 Å². The van der Waals surface area contributed by atoms with Crippen molar-refractivity contribution in [1.29, 1.82) is 0 Å². The van der Waals surface area contributed by atoms with Crippen LogP contribution in [0, 0.1) is 5.92 Å². The van der Waals surface area contributed by atoms with Crippen molar-refractivity contribution >= 4 is 43.1 Å². The molecule has 1 unspecified atom stereocenters. The van der Waals surface area contributed by atoms with Crippen LogP contribution < -0.4 is 0 Å². The average Bonchev–Trinajstić information content (AvgIpc) is 3.59. The molecule has 0 saturated carbocycles. The Bertz CT molecular complexity index is 2560. The number of rotatable bonds is 7. The molecule has 0 aliphatic carbocycles. The first kappa shape index (κ1) is 31.1. The molecule has 2 heterocycles. The number of thiophene rings is 1. The van der Waals surface area contributed by atoms with E-state index >= 15 is 0 Å². The minimum absolute atomic E-state index is 0.0253. The highest BCUT2D eigenvalue weighted by atomic mass is 32.1. The summed E-state index contributed by atoms with van der Waals surface area (Å²) >= 11 is 1.83. The van der Waals surface area contributed by atoms with Crippen LogP contribution in [0.4, 0.5) is 0 Å². The molecule has 9 rings (SSSR count). The van der Waals surface area contributed by atoms with Crippen LogP contribution >= 0.6 is 11.3 Å². The molecule has 2 nitrogen and oxygen atoms in total. The Labute approximate surface area is 303 Å². The monoisotopic (exact) mass is 672 g/mol. The fourth-order valence-corrected chi connectivity index (χ4v) is 8.62. The molecule has 0 radical (unpaired) electrons. The molecule has 0 bridgehead atoms. The highest BCUT2D eigenvalue weighted by Crippen LogP contribution is 2.39. The number of hydrogen-bond acceptors (Lipinski definition) is 3. The molecule has 1 aliphatic heterocycles. The van der Waals surface area contributed by atoms with Gasteiger partial charge in [0, 0.05) is 31.7 Å². The second-order valence-corrected chi connectivity index (χ2v) is 14.3. The molecule has 1 aromatic heterocycles. The summed E-state index contributed by atoms with van der Waals surface area (Å²) in [7, 11) is 0. The van der Waals surface area contributed by atoms with E-state index in [9.17, 15) is 0 Å². The number of nitrogens with zero attached hydrogens (tertiary/aromatic N) is 2. The van der Waals surface area contributed by atoms with Gasteiger partial charge in [-0.15, -0.1) is 11.3 Å². The molecule has 2 atom stereocenters. The molecule has 51 heavy (non-hydrogen) atoms. The van der Waals surface area contributed by atoms with E-state index in [0.29, 0.717) is 0 Å². The van der Waals surface area contributed by atoms with E-state index in [0.717, 1.165) is 29.1 Å². The molecule has 0 amide bonds. The van der Waals surface area contributed by atoms with Gasteiger partial charge in [0.25, 0.3) is 0 Å². The summed E-state index contributed by atoms with van der Waals surface area (Å²) in [4.78, 5) is 10.8. The van der Waals surface area contributed by atoms with Crippen molar-refractivity contribution < 1.29 is 0 Å². The lowest BCUT2D eigenvalue weighted by molar-refractivity contribution is 0.532. The Morgan fingerprint density at radius 2 is 0.980 bits per heavy atom. The molecule has 0 N–H and O–H groups in total. The Hall–Kier alpha value is -5.90. The second-order valence-electron chi connectivity index (χ2n) is 13.2. The summed E-state index contributed by atoms with van der Waals surface area (Å²) < 4.78 is 2.57. The van der Waals surface area contributed by atoms with E-state index in [1.807, 2.05) is 11.3 Å². The molecule has 0 fully saturated rings. The standard InChI is InChI=1S/C48H36N2S/c1-2-41-46(35-15-7-4-8-16-35)49-48(40-27-28-43-42-21-9-10-22-44(42)51-45(43)31-40)50-47(41)39-20-12-19-38(30-39)37-18-11-17-36(29-37)34-25-23-33(24-26-34)32-13-5-3-6-14-32/h3-31,41,46H,2H2,1H3/t41-,46?/m0/s1. The minimum atomic E-state index is -0.0253. The van der Waals surface area contributed by atoms with Crippen molar-refractivity contribution in [2.45, 2.75) is 19.4 Å². The van der Waals surface area contributed by atoms with Crippen LogP contribution in [0.15, 0.2) is 186 Å². The van der Waals surface area contributed by atoms with Gasteiger partial charge < -0.3 is 0 Å².